The van der Waals surface area contributed by atoms with Gasteiger partial charge in [-0.2, -0.15) is 0 Å². The number of nitrogens with one attached hydrogen (secondary N) is 1. The van der Waals surface area contributed by atoms with Crippen LogP contribution in [0.2, 0.25) is 5.02 Å². The Balaban J connectivity index is 1.73. The molecular weight excluding hydrogens is 526 g/mol. The number of hydrogen-bond acceptors (Lipinski definition) is 5. The molecule has 1 fully saturated rings. The molecule has 1 atom stereocenters. The summed E-state index contributed by atoms with van der Waals surface area (Å²) in [6.45, 7) is 2.05. The van der Waals surface area contributed by atoms with Crippen molar-refractivity contribution in [2.75, 3.05) is 24.2 Å². The minimum absolute atomic E-state index is 0.0722. The Bertz CT molecular complexity index is 1200. The lowest BCUT2D eigenvalue weighted by molar-refractivity contribution is -0.141. The first-order valence-electron chi connectivity index (χ1n) is 13.0. The Morgan fingerprint density at radius 2 is 1.82 bits per heavy atom. The molecule has 0 aliphatic heterocycles. The number of ether oxygens (including phenoxy) is 1. The lowest BCUT2D eigenvalue weighted by atomic mass is 9.95. The number of carbonyl (C=O) groups excluding carboxylic acids is 2. The number of carbonyl (C=O) groups is 2. The normalized spacial score (nSPS) is 14.9. The number of sulfonamides is 1. The Labute approximate surface area is 231 Å². The highest BCUT2D eigenvalue weighted by molar-refractivity contribution is 7.92. The summed E-state index contributed by atoms with van der Waals surface area (Å²) in [7, 11) is -2.14. The summed E-state index contributed by atoms with van der Waals surface area (Å²) < 4.78 is 31.8. The zero-order valence-corrected chi connectivity index (χ0v) is 23.9. The van der Waals surface area contributed by atoms with E-state index in [9.17, 15) is 18.0 Å². The van der Waals surface area contributed by atoms with Crippen LogP contribution in [-0.2, 0) is 26.2 Å². The number of hydrogen-bond donors (Lipinski definition) is 1. The Morgan fingerprint density at radius 3 is 2.47 bits per heavy atom. The number of methoxy groups -OCH3 is 1. The van der Waals surface area contributed by atoms with Gasteiger partial charge in [0, 0.05) is 30.6 Å². The number of anilines is 1. The topological polar surface area (TPSA) is 96.0 Å². The molecule has 1 unspecified atom stereocenters. The summed E-state index contributed by atoms with van der Waals surface area (Å²) >= 11 is 6.17. The second-order valence-corrected chi connectivity index (χ2v) is 12.1. The second kappa shape index (κ2) is 13.8. The van der Waals surface area contributed by atoms with Crippen LogP contribution in [0.4, 0.5) is 5.69 Å². The number of nitrogens with zero attached hydrogens (tertiary/aromatic N) is 2. The molecule has 0 aromatic heterocycles. The molecule has 208 valence electrons. The average Bonchev–Trinajstić information content (AvgIpc) is 2.89. The molecule has 38 heavy (non-hydrogen) atoms. The summed E-state index contributed by atoms with van der Waals surface area (Å²) in [6.07, 6.45) is 6.73. The zero-order chi connectivity index (χ0) is 27.7. The van der Waals surface area contributed by atoms with E-state index in [0.29, 0.717) is 16.5 Å². The summed E-state index contributed by atoms with van der Waals surface area (Å²) in [5.74, 6) is 0.0173. The molecule has 0 spiro atoms. The first-order chi connectivity index (χ1) is 18.1. The molecule has 1 aliphatic rings. The second-order valence-electron chi connectivity index (χ2n) is 9.78. The predicted octanol–water partition coefficient (Wildman–Crippen LogP) is 4.76. The van der Waals surface area contributed by atoms with E-state index in [4.69, 9.17) is 16.3 Å². The summed E-state index contributed by atoms with van der Waals surface area (Å²) in [5, 5.41) is 3.67. The monoisotopic (exact) mass is 563 g/mol. The zero-order valence-electron chi connectivity index (χ0n) is 22.4. The van der Waals surface area contributed by atoms with Gasteiger partial charge in [-0.05, 0) is 56.0 Å². The van der Waals surface area contributed by atoms with Crippen molar-refractivity contribution >= 4 is 39.1 Å². The van der Waals surface area contributed by atoms with Crippen molar-refractivity contribution in [3.63, 3.8) is 0 Å². The van der Waals surface area contributed by atoms with Gasteiger partial charge in [-0.1, -0.05) is 55.1 Å². The third-order valence-corrected chi connectivity index (χ3v) is 8.28. The van der Waals surface area contributed by atoms with Crippen LogP contribution >= 0.6 is 11.6 Å². The van der Waals surface area contributed by atoms with Gasteiger partial charge in [0.2, 0.25) is 21.8 Å². The van der Waals surface area contributed by atoms with Crippen molar-refractivity contribution in [1.29, 1.82) is 0 Å². The fourth-order valence-corrected chi connectivity index (χ4v) is 5.98. The quantitative estimate of drug-likeness (QED) is 0.401. The van der Waals surface area contributed by atoms with Crippen LogP contribution in [0, 0.1) is 0 Å². The molecule has 0 heterocycles. The van der Waals surface area contributed by atoms with Gasteiger partial charge < -0.3 is 15.0 Å². The summed E-state index contributed by atoms with van der Waals surface area (Å²) in [5.41, 5.74) is 1.23. The summed E-state index contributed by atoms with van der Waals surface area (Å²) in [4.78, 5) is 28.2. The minimum Gasteiger partial charge on any atom is -0.495 e. The van der Waals surface area contributed by atoms with E-state index in [1.54, 1.807) is 48.2 Å². The molecule has 0 saturated heterocycles. The highest BCUT2D eigenvalue weighted by Gasteiger charge is 2.28. The largest absolute Gasteiger partial charge is 0.495 e. The summed E-state index contributed by atoms with van der Waals surface area (Å²) in [6, 6.07) is 13.5. The molecule has 1 aliphatic carbocycles. The molecule has 0 radical (unpaired) electrons. The van der Waals surface area contributed by atoms with Gasteiger partial charge in [-0.15, -0.1) is 0 Å². The number of halogens is 1. The first kappa shape index (κ1) is 29.8. The molecule has 1 saturated carbocycles. The predicted molar refractivity (Wildman–Crippen MR) is 151 cm³/mol. The van der Waals surface area contributed by atoms with Crippen molar-refractivity contribution in [1.82, 2.24) is 10.2 Å². The molecule has 2 aromatic carbocycles. The average molecular weight is 564 g/mol. The smallest absolute Gasteiger partial charge is 0.242 e. The number of amides is 2. The van der Waals surface area contributed by atoms with Crippen molar-refractivity contribution < 1.29 is 22.7 Å². The highest BCUT2D eigenvalue weighted by Crippen LogP contribution is 2.30. The lowest BCUT2D eigenvalue weighted by Crippen LogP contribution is -2.50. The molecule has 3 rings (SSSR count). The van der Waals surface area contributed by atoms with Crippen LogP contribution < -0.4 is 14.4 Å². The third kappa shape index (κ3) is 8.36. The molecule has 2 aromatic rings. The van der Waals surface area contributed by atoms with Gasteiger partial charge in [-0.3, -0.25) is 13.9 Å². The maximum absolute atomic E-state index is 13.5. The first-order valence-corrected chi connectivity index (χ1v) is 15.3. The molecule has 8 nitrogen and oxygen atoms in total. The van der Waals surface area contributed by atoms with Crippen molar-refractivity contribution in [2.45, 2.75) is 70.5 Å². The third-order valence-electron chi connectivity index (χ3n) is 6.87. The van der Waals surface area contributed by atoms with Crippen LogP contribution in [0.3, 0.4) is 0 Å². The van der Waals surface area contributed by atoms with E-state index in [-0.39, 0.29) is 43.8 Å². The maximum atomic E-state index is 13.5. The molecule has 1 N–H and O–H groups in total. The van der Waals surface area contributed by atoms with E-state index < -0.39 is 16.1 Å². The van der Waals surface area contributed by atoms with E-state index in [1.807, 2.05) is 12.1 Å². The number of para-hydroxylation sites is 2. The standard InChI is InChI=1S/C28H38ClN3O5S/c1-21(28(34)30-24-13-5-4-6-14-24)31(20-22-11-9-12-23(29)19-22)27(33)17-10-18-32(38(3,35)36)25-15-7-8-16-26(25)37-2/h7-9,11-12,15-16,19,21,24H,4-6,10,13-14,17-18,20H2,1-3H3,(H,30,34). The van der Waals surface area contributed by atoms with E-state index in [0.717, 1.165) is 37.5 Å². The SMILES string of the molecule is COc1ccccc1N(CCCC(=O)N(Cc1cccc(Cl)c1)C(C)C(=O)NC1CCCCC1)S(C)(=O)=O. The highest BCUT2D eigenvalue weighted by atomic mass is 35.5. The molecular formula is C28H38ClN3O5S. The Morgan fingerprint density at radius 1 is 1.11 bits per heavy atom. The van der Waals surface area contributed by atoms with E-state index >= 15 is 0 Å². The molecule has 2 amide bonds. The van der Waals surface area contributed by atoms with Crippen molar-refractivity contribution in [3.8, 4) is 5.75 Å². The van der Waals surface area contributed by atoms with Gasteiger partial charge in [-0.25, -0.2) is 8.42 Å². The van der Waals surface area contributed by atoms with Gasteiger partial charge >= 0.3 is 0 Å². The van der Waals surface area contributed by atoms with Crippen LogP contribution in [0.1, 0.15) is 57.4 Å². The fourth-order valence-electron chi connectivity index (χ4n) is 4.80. The minimum atomic E-state index is -3.62. The molecule has 0 bridgehead atoms. The fraction of sp³-hybridized carbons (Fsp3) is 0.500. The van der Waals surface area contributed by atoms with Gasteiger partial charge in [0.25, 0.3) is 0 Å². The maximum Gasteiger partial charge on any atom is 0.242 e. The van der Waals surface area contributed by atoms with Gasteiger partial charge in [0.15, 0.2) is 0 Å². The van der Waals surface area contributed by atoms with Crippen molar-refractivity contribution in [3.05, 3.63) is 59.1 Å². The van der Waals surface area contributed by atoms with E-state index in [1.165, 1.54) is 17.8 Å². The van der Waals surface area contributed by atoms with Crippen LogP contribution in [-0.4, -0.2) is 57.1 Å². The Kier molecular flexibility index (Phi) is 10.8. The van der Waals surface area contributed by atoms with Crippen LogP contribution in [0.5, 0.6) is 5.75 Å². The van der Waals surface area contributed by atoms with Crippen LogP contribution in [0.25, 0.3) is 0 Å². The number of rotatable bonds is 12. The lowest BCUT2D eigenvalue weighted by Gasteiger charge is -2.31. The molecule has 10 heteroatoms. The number of benzene rings is 2. The van der Waals surface area contributed by atoms with Crippen molar-refractivity contribution in [2.24, 2.45) is 0 Å². The Hall–Kier alpha value is -2.78. The van der Waals surface area contributed by atoms with E-state index in [2.05, 4.69) is 5.32 Å². The van der Waals surface area contributed by atoms with Gasteiger partial charge in [0.1, 0.15) is 11.8 Å². The van der Waals surface area contributed by atoms with Gasteiger partial charge in [0.05, 0.1) is 19.1 Å². The van der Waals surface area contributed by atoms with Crippen LogP contribution in [0.15, 0.2) is 48.5 Å².